The SMILES string of the molecule is CN=C(NCc1ccccc1COC)NCC1(C(=O)N(C)C)CCCC1. The van der Waals surface area contributed by atoms with Gasteiger partial charge in [0.25, 0.3) is 0 Å². The number of benzene rings is 1. The summed E-state index contributed by atoms with van der Waals surface area (Å²) in [6.07, 6.45) is 4.09. The van der Waals surface area contributed by atoms with Crippen LogP contribution in [0, 0.1) is 5.41 Å². The molecule has 0 radical (unpaired) electrons. The predicted molar refractivity (Wildman–Crippen MR) is 105 cm³/mol. The standard InChI is InChI=1S/C20H32N4O2/c1-21-19(22-13-16-9-5-6-10-17(16)14-26-4)23-15-20(11-7-8-12-20)18(25)24(2)3/h5-6,9-10H,7-8,11-15H2,1-4H3,(H2,21,22,23). The van der Waals surface area contributed by atoms with Gasteiger partial charge in [-0.15, -0.1) is 0 Å². The summed E-state index contributed by atoms with van der Waals surface area (Å²) in [5.74, 6) is 0.929. The summed E-state index contributed by atoms with van der Waals surface area (Å²) in [6, 6.07) is 8.19. The van der Waals surface area contributed by atoms with E-state index in [2.05, 4.69) is 27.8 Å². The Morgan fingerprint density at radius 3 is 2.42 bits per heavy atom. The number of ether oxygens (including phenoxy) is 1. The van der Waals surface area contributed by atoms with Crippen LogP contribution in [0.3, 0.4) is 0 Å². The normalized spacial score (nSPS) is 16.4. The van der Waals surface area contributed by atoms with Crippen LogP contribution in [0.15, 0.2) is 29.3 Å². The first-order valence-corrected chi connectivity index (χ1v) is 9.24. The fourth-order valence-electron chi connectivity index (χ4n) is 3.67. The number of nitrogens with one attached hydrogen (secondary N) is 2. The Balaban J connectivity index is 1.96. The second-order valence-electron chi connectivity index (χ2n) is 7.17. The lowest BCUT2D eigenvalue weighted by Gasteiger charge is -2.31. The molecule has 1 saturated carbocycles. The summed E-state index contributed by atoms with van der Waals surface area (Å²) in [6.45, 7) is 1.86. The third-order valence-corrected chi connectivity index (χ3v) is 5.10. The summed E-state index contributed by atoms with van der Waals surface area (Å²) < 4.78 is 5.26. The first-order valence-electron chi connectivity index (χ1n) is 9.24. The number of rotatable bonds is 7. The van der Waals surface area contributed by atoms with Crippen molar-refractivity contribution in [2.75, 3.05) is 34.8 Å². The van der Waals surface area contributed by atoms with E-state index in [0.29, 0.717) is 19.7 Å². The molecular weight excluding hydrogens is 328 g/mol. The fourth-order valence-corrected chi connectivity index (χ4v) is 3.67. The maximum absolute atomic E-state index is 12.7. The van der Waals surface area contributed by atoms with E-state index in [1.54, 1.807) is 19.1 Å². The molecule has 0 atom stereocenters. The maximum Gasteiger partial charge on any atom is 0.230 e. The summed E-state index contributed by atoms with van der Waals surface area (Å²) >= 11 is 0. The minimum absolute atomic E-state index is 0.211. The van der Waals surface area contributed by atoms with Crippen molar-refractivity contribution < 1.29 is 9.53 Å². The molecule has 0 aliphatic heterocycles. The van der Waals surface area contributed by atoms with E-state index in [1.165, 1.54) is 5.56 Å². The van der Waals surface area contributed by atoms with Crippen LogP contribution in [0.4, 0.5) is 0 Å². The van der Waals surface area contributed by atoms with Crippen molar-refractivity contribution in [3.63, 3.8) is 0 Å². The number of carbonyl (C=O) groups excluding carboxylic acids is 1. The maximum atomic E-state index is 12.7. The predicted octanol–water partition coefficient (Wildman–Crippen LogP) is 2.15. The van der Waals surface area contributed by atoms with Crippen molar-refractivity contribution in [3.8, 4) is 0 Å². The number of hydrogen-bond donors (Lipinski definition) is 2. The van der Waals surface area contributed by atoms with E-state index in [-0.39, 0.29) is 11.3 Å². The van der Waals surface area contributed by atoms with E-state index in [9.17, 15) is 4.79 Å². The molecule has 1 aliphatic rings. The third-order valence-electron chi connectivity index (χ3n) is 5.10. The number of methoxy groups -OCH3 is 1. The minimum Gasteiger partial charge on any atom is -0.380 e. The van der Waals surface area contributed by atoms with Gasteiger partial charge in [-0.25, -0.2) is 0 Å². The van der Waals surface area contributed by atoms with Crippen LogP contribution in [0.1, 0.15) is 36.8 Å². The van der Waals surface area contributed by atoms with Gasteiger partial charge in [-0.3, -0.25) is 9.79 Å². The van der Waals surface area contributed by atoms with Gasteiger partial charge in [-0.1, -0.05) is 37.1 Å². The zero-order chi connectivity index (χ0) is 19.0. The van der Waals surface area contributed by atoms with Crippen molar-refractivity contribution in [2.45, 2.75) is 38.8 Å². The number of carbonyl (C=O) groups is 1. The Hall–Kier alpha value is -2.08. The second-order valence-corrected chi connectivity index (χ2v) is 7.17. The Bertz CT molecular complexity index is 622. The monoisotopic (exact) mass is 360 g/mol. The second kappa shape index (κ2) is 9.57. The van der Waals surface area contributed by atoms with Gasteiger partial charge in [-0.05, 0) is 24.0 Å². The highest BCUT2D eigenvalue weighted by molar-refractivity contribution is 5.85. The van der Waals surface area contributed by atoms with Crippen LogP contribution < -0.4 is 10.6 Å². The highest BCUT2D eigenvalue weighted by atomic mass is 16.5. The first-order chi connectivity index (χ1) is 12.5. The van der Waals surface area contributed by atoms with Gasteiger partial charge in [0.15, 0.2) is 5.96 Å². The Morgan fingerprint density at radius 1 is 1.19 bits per heavy atom. The number of aliphatic imine (C=N–C) groups is 1. The third kappa shape index (κ3) is 4.97. The highest BCUT2D eigenvalue weighted by Crippen LogP contribution is 2.38. The molecule has 26 heavy (non-hydrogen) atoms. The molecule has 6 nitrogen and oxygen atoms in total. The summed E-state index contributed by atoms with van der Waals surface area (Å²) in [5, 5.41) is 6.72. The molecule has 6 heteroatoms. The Kier molecular flexibility index (Phi) is 7.45. The van der Waals surface area contributed by atoms with Gasteiger partial charge in [0.2, 0.25) is 5.91 Å². The Labute approximate surface area is 157 Å². The highest BCUT2D eigenvalue weighted by Gasteiger charge is 2.42. The van der Waals surface area contributed by atoms with Crippen LogP contribution >= 0.6 is 0 Å². The van der Waals surface area contributed by atoms with Gasteiger partial charge in [0.1, 0.15) is 0 Å². The lowest BCUT2D eigenvalue weighted by Crippen LogP contribution is -2.49. The van der Waals surface area contributed by atoms with Crippen molar-refractivity contribution >= 4 is 11.9 Å². The molecule has 1 fully saturated rings. The molecule has 144 valence electrons. The lowest BCUT2D eigenvalue weighted by atomic mass is 9.84. The quantitative estimate of drug-likeness (QED) is 0.578. The van der Waals surface area contributed by atoms with Gasteiger partial charge in [-0.2, -0.15) is 0 Å². The van der Waals surface area contributed by atoms with Gasteiger partial charge < -0.3 is 20.3 Å². The Morgan fingerprint density at radius 2 is 1.85 bits per heavy atom. The van der Waals surface area contributed by atoms with Gasteiger partial charge >= 0.3 is 0 Å². The van der Waals surface area contributed by atoms with Crippen LogP contribution in [0.5, 0.6) is 0 Å². The van der Waals surface area contributed by atoms with Crippen LogP contribution in [-0.4, -0.2) is 51.6 Å². The molecule has 1 aromatic rings. The van der Waals surface area contributed by atoms with Crippen molar-refractivity contribution in [1.82, 2.24) is 15.5 Å². The summed E-state index contributed by atoms with van der Waals surface area (Å²) in [5.41, 5.74) is 2.03. The molecule has 0 saturated heterocycles. The van der Waals surface area contributed by atoms with E-state index in [0.717, 1.165) is 37.2 Å². The molecule has 0 spiro atoms. The fraction of sp³-hybridized carbons (Fsp3) is 0.600. The number of guanidine groups is 1. The van der Waals surface area contributed by atoms with E-state index >= 15 is 0 Å². The first kappa shape index (κ1) is 20.2. The molecule has 0 bridgehead atoms. The molecule has 1 aromatic carbocycles. The number of nitrogens with zero attached hydrogens (tertiary/aromatic N) is 2. The largest absolute Gasteiger partial charge is 0.380 e. The average Bonchev–Trinajstić information content (AvgIpc) is 3.12. The molecule has 0 heterocycles. The zero-order valence-electron chi connectivity index (χ0n) is 16.5. The van der Waals surface area contributed by atoms with Crippen molar-refractivity contribution in [3.05, 3.63) is 35.4 Å². The van der Waals surface area contributed by atoms with E-state index in [4.69, 9.17) is 4.74 Å². The molecular formula is C20H32N4O2. The average molecular weight is 361 g/mol. The van der Waals surface area contributed by atoms with Crippen LogP contribution in [0.2, 0.25) is 0 Å². The van der Waals surface area contributed by atoms with Crippen molar-refractivity contribution in [1.29, 1.82) is 0 Å². The topological polar surface area (TPSA) is 66.0 Å². The van der Waals surface area contributed by atoms with Gasteiger partial charge in [0, 0.05) is 41.3 Å². The molecule has 2 N–H and O–H groups in total. The summed E-state index contributed by atoms with van der Waals surface area (Å²) in [7, 11) is 7.13. The van der Waals surface area contributed by atoms with Crippen LogP contribution in [-0.2, 0) is 22.7 Å². The van der Waals surface area contributed by atoms with E-state index < -0.39 is 0 Å². The molecule has 0 unspecified atom stereocenters. The van der Waals surface area contributed by atoms with Gasteiger partial charge in [0.05, 0.1) is 12.0 Å². The molecule has 2 rings (SSSR count). The molecule has 1 amide bonds. The zero-order valence-corrected chi connectivity index (χ0v) is 16.5. The van der Waals surface area contributed by atoms with E-state index in [1.807, 2.05) is 26.2 Å². The van der Waals surface area contributed by atoms with Crippen LogP contribution in [0.25, 0.3) is 0 Å². The minimum atomic E-state index is -0.310. The molecule has 0 aromatic heterocycles. The summed E-state index contributed by atoms with van der Waals surface area (Å²) in [4.78, 5) is 18.7. The van der Waals surface area contributed by atoms with Crippen molar-refractivity contribution in [2.24, 2.45) is 10.4 Å². The lowest BCUT2D eigenvalue weighted by molar-refractivity contribution is -0.138. The number of hydrogen-bond acceptors (Lipinski definition) is 3. The number of amides is 1. The smallest absolute Gasteiger partial charge is 0.230 e. The molecule has 1 aliphatic carbocycles.